The Labute approximate surface area is 82.6 Å². The Morgan fingerprint density at radius 2 is 2.29 bits per heavy atom. The zero-order valence-electron chi connectivity index (χ0n) is 8.53. The first kappa shape index (κ1) is 10.8. The Morgan fingerprint density at radius 1 is 1.71 bits per heavy atom. The summed E-state index contributed by atoms with van der Waals surface area (Å²) in [5.74, 6) is -1.81. The normalized spacial score (nSPS) is 35.5. The summed E-state index contributed by atoms with van der Waals surface area (Å²) in [5.41, 5.74) is -0.833. The van der Waals surface area contributed by atoms with Crippen LogP contribution in [0, 0.1) is 5.92 Å². The van der Waals surface area contributed by atoms with E-state index >= 15 is 0 Å². The average molecular weight is 198 g/mol. The minimum absolute atomic E-state index is 0.205. The van der Waals surface area contributed by atoms with Gasteiger partial charge < -0.3 is 9.84 Å². The van der Waals surface area contributed by atoms with Gasteiger partial charge in [0.05, 0.1) is 0 Å². The number of carbonyl (C=O) groups excluding carboxylic acids is 1. The maximum Gasteiger partial charge on any atom is 0.348 e. The molecule has 0 aromatic rings. The molecular weight excluding hydrogens is 184 g/mol. The molecule has 4 nitrogen and oxygen atoms in total. The zero-order valence-corrected chi connectivity index (χ0v) is 8.53. The van der Waals surface area contributed by atoms with Crippen molar-refractivity contribution in [1.29, 1.82) is 0 Å². The molecule has 1 heterocycles. The number of carbonyl (C=O) groups is 2. The van der Waals surface area contributed by atoms with Gasteiger partial charge in [0.2, 0.25) is 5.60 Å². The Hall–Kier alpha value is -1.32. The lowest BCUT2D eigenvalue weighted by Gasteiger charge is -2.35. The molecule has 0 radical (unpaired) electrons. The van der Waals surface area contributed by atoms with E-state index in [0.717, 1.165) is 0 Å². The molecule has 0 spiro atoms. The average Bonchev–Trinajstić information content (AvgIpc) is 2.11. The van der Waals surface area contributed by atoms with Crippen molar-refractivity contribution in [2.75, 3.05) is 0 Å². The molecule has 0 aliphatic carbocycles. The third-order valence-corrected chi connectivity index (χ3v) is 2.81. The van der Waals surface area contributed by atoms with E-state index in [1.54, 1.807) is 19.9 Å². The molecule has 0 unspecified atom stereocenters. The predicted octanol–water partition coefficient (Wildman–Crippen LogP) is 1.36. The summed E-state index contributed by atoms with van der Waals surface area (Å²) >= 11 is 0. The van der Waals surface area contributed by atoms with Gasteiger partial charge in [-0.1, -0.05) is 13.0 Å². The van der Waals surface area contributed by atoms with Crippen molar-refractivity contribution < 1.29 is 19.4 Å². The van der Waals surface area contributed by atoms with Crippen molar-refractivity contribution in [2.45, 2.75) is 32.8 Å². The fraction of sp³-hybridized carbons (Fsp3) is 0.600. The van der Waals surface area contributed by atoms with Crippen molar-refractivity contribution in [1.82, 2.24) is 0 Å². The summed E-state index contributed by atoms with van der Waals surface area (Å²) in [4.78, 5) is 22.3. The van der Waals surface area contributed by atoms with Gasteiger partial charge in [-0.2, -0.15) is 0 Å². The van der Waals surface area contributed by atoms with Crippen LogP contribution in [0.5, 0.6) is 0 Å². The number of hydrogen-bond donors (Lipinski definition) is 1. The molecule has 0 bridgehead atoms. The minimum Gasteiger partial charge on any atom is -0.478 e. The lowest BCUT2D eigenvalue weighted by molar-refractivity contribution is -0.184. The Morgan fingerprint density at radius 3 is 2.71 bits per heavy atom. The first-order valence-electron chi connectivity index (χ1n) is 4.53. The van der Waals surface area contributed by atoms with Crippen LogP contribution in [0.25, 0.3) is 0 Å². The maximum absolute atomic E-state index is 11.3. The van der Waals surface area contributed by atoms with Gasteiger partial charge in [-0.15, -0.1) is 0 Å². The smallest absolute Gasteiger partial charge is 0.348 e. The molecule has 78 valence electrons. The predicted molar refractivity (Wildman–Crippen MR) is 49.7 cm³/mol. The van der Waals surface area contributed by atoms with Crippen molar-refractivity contribution in [2.24, 2.45) is 5.92 Å². The van der Waals surface area contributed by atoms with E-state index in [4.69, 9.17) is 9.84 Å². The second kappa shape index (κ2) is 3.44. The van der Waals surface area contributed by atoms with Crippen LogP contribution in [-0.2, 0) is 14.3 Å². The van der Waals surface area contributed by atoms with Crippen LogP contribution < -0.4 is 0 Å². The monoisotopic (exact) mass is 198 g/mol. The highest BCUT2D eigenvalue weighted by molar-refractivity contribution is 5.93. The second-order valence-electron chi connectivity index (χ2n) is 3.72. The number of hydrogen-bond acceptors (Lipinski definition) is 3. The van der Waals surface area contributed by atoms with Crippen LogP contribution in [0.3, 0.4) is 0 Å². The van der Waals surface area contributed by atoms with Crippen LogP contribution in [0.1, 0.15) is 27.2 Å². The van der Waals surface area contributed by atoms with Crippen LogP contribution in [0.2, 0.25) is 0 Å². The Balaban J connectivity index is 2.97. The Bertz CT molecular complexity index is 305. The van der Waals surface area contributed by atoms with E-state index in [-0.39, 0.29) is 5.92 Å². The summed E-state index contributed by atoms with van der Waals surface area (Å²) < 4.78 is 4.94. The van der Waals surface area contributed by atoms with Gasteiger partial charge in [0.15, 0.2) is 0 Å². The second-order valence-corrected chi connectivity index (χ2v) is 3.72. The largest absolute Gasteiger partial charge is 0.478 e. The highest BCUT2D eigenvalue weighted by atomic mass is 16.6. The number of cyclic esters (lactones) is 1. The highest BCUT2D eigenvalue weighted by Crippen LogP contribution is 2.34. The number of rotatable bonds is 1. The molecule has 1 aliphatic rings. The minimum atomic E-state index is -1.39. The van der Waals surface area contributed by atoms with Gasteiger partial charge in [0, 0.05) is 11.5 Å². The van der Waals surface area contributed by atoms with Gasteiger partial charge in [-0.05, 0) is 20.3 Å². The van der Waals surface area contributed by atoms with Crippen LogP contribution in [-0.4, -0.2) is 22.6 Å². The standard InChI is InChI=1S/C10H14O4/c1-4-7-5-6(2)10(3,9(12)13)14-8(7)11/h4,6H,5H2,1-3H3,(H,12,13)/b7-4-/t6-,10+/m1/s1. The summed E-state index contributed by atoms with van der Waals surface area (Å²) in [6.07, 6.45) is 2.12. The third kappa shape index (κ3) is 1.52. The van der Waals surface area contributed by atoms with E-state index in [0.29, 0.717) is 12.0 Å². The van der Waals surface area contributed by atoms with Crippen LogP contribution >= 0.6 is 0 Å². The highest BCUT2D eigenvalue weighted by Gasteiger charge is 2.47. The molecular formula is C10H14O4. The van der Waals surface area contributed by atoms with Gasteiger partial charge in [0.25, 0.3) is 0 Å². The molecule has 0 aromatic heterocycles. The van der Waals surface area contributed by atoms with E-state index in [2.05, 4.69) is 0 Å². The molecule has 1 fully saturated rings. The maximum atomic E-state index is 11.3. The van der Waals surface area contributed by atoms with E-state index in [1.807, 2.05) is 0 Å². The number of aliphatic carboxylic acids is 1. The number of carboxylic acid groups (broad SMARTS) is 1. The molecule has 1 rings (SSSR count). The van der Waals surface area contributed by atoms with Crippen LogP contribution in [0.15, 0.2) is 11.6 Å². The molecule has 1 saturated heterocycles. The lowest BCUT2D eigenvalue weighted by atomic mass is 9.82. The topological polar surface area (TPSA) is 63.6 Å². The first-order valence-corrected chi connectivity index (χ1v) is 4.53. The third-order valence-electron chi connectivity index (χ3n) is 2.81. The fourth-order valence-electron chi connectivity index (χ4n) is 1.46. The van der Waals surface area contributed by atoms with Crippen molar-refractivity contribution >= 4 is 11.9 Å². The quantitative estimate of drug-likeness (QED) is 0.510. The first-order chi connectivity index (χ1) is 6.41. The molecule has 1 N–H and O–H groups in total. The van der Waals surface area contributed by atoms with Gasteiger partial charge in [0.1, 0.15) is 0 Å². The summed E-state index contributed by atoms with van der Waals surface area (Å²) in [6, 6.07) is 0. The zero-order chi connectivity index (χ0) is 10.9. The molecule has 2 atom stereocenters. The fourth-order valence-corrected chi connectivity index (χ4v) is 1.46. The summed E-state index contributed by atoms with van der Waals surface area (Å²) in [5, 5.41) is 8.95. The summed E-state index contributed by atoms with van der Waals surface area (Å²) in [6.45, 7) is 4.95. The number of ether oxygens (including phenoxy) is 1. The Kier molecular flexibility index (Phi) is 2.64. The SMILES string of the molecule is C/C=C1/C[C@@H](C)[C@@](C)(C(=O)O)OC1=O. The summed E-state index contributed by atoms with van der Waals surface area (Å²) in [7, 11) is 0. The van der Waals surface area contributed by atoms with Gasteiger partial charge >= 0.3 is 11.9 Å². The molecule has 4 heteroatoms. The molecule has 0 aromatic carbocycles. The van der Waals surface area contributed by atoms with Crippen LogP contribution in [0.4, 0.5) is 0 Å². The number of carboxylic acids is 1. The molecule has 0 saturated carbocycles. The molecule has 1 aliphatic heterocycles. The van der Waals surface area contributed by atoms with Gasteiger partial charge in [-0.3, -0.25) is 0 Å². The molecule has 0 amide bonds. The van der Waals surface area contributed by atoms with Crippen molar-refractivity contribution in [3.63, 3.8) is 0 Å². The van der Waals surface area contributed by atoms with E-state index in [1.165, 1.54) is 6.92 Å². The van der Waals surface area contributed by atoms with Crippen molar-refractivity contribution in [3.8, 4) is 0 Å². The number of allylic oxidation sites excluding steroid dienone is 1. The van der Waals surface area contributed by atoms with Crippen molar-refractivity contribution in [3.05, 3.63) is 11.6 Å². The number of esters is 1. The van der Waals surface area contributed by atoms with E-state index in [9.17, 15) is 9.59 Å². The van der Waals surface area contributed by atoms with E-state index < -0.39 is 17.5 Å². The lowest BCUT2D eigenvalue weighted by Crippen LogP contribution is -2.49. The van der Waals surface area contributed by atoms with Gasteiger partial charge in [-0.25, -0.2) is 9.59 Å². The molecule has 14 heavy (non-hydrogen) atoms.